The van der Waals surface area contributed by atoms with Crippen LogP contribution in [-0.4, -0.2) is 42.5 Å². The number of hydrogen-bond donors (Lipinski definition) is 2. The third-order valence-electron chi connectivity index (χ3n) is 3.89. The highest BCUT2D eigenvalue weighted by Crippen LogP contribution is 2.22. The number of carbonyl (C=O) groups excluding carboxylic acids is 1. The second-order valence-electron chi connectivity index (χ2n) is 5.18. The number of amides is 1. The number of carbonyl (C=O) groups is 1. The number of nitrogens with zero attached hydrogens (tertiary/aromatic N) is 1. The lowest BCUT2D eigenvalue weighted by Crippen LogP contribution is -2.39. The fourth-order valence-electron chi connectivity index (χ4n) is 2.62. The average molecular weight is 286 g/mol. The summed E-state index contributed by atoms with van der Waals surface area (Å²) in [6.07, 6.45) is 7.19. The Labute approximate surface area is 121 Å². The molecule has 0 aromatic carbocycles. The summed E-state index contributed by atoms with van der Waals surface area (Å²) in [5, 5.41) is 3.19. The number of piperidine rings is 1. The van der Waals surface area contributed by atoms with Crippen molar-refractivity contribution in [1.82, 2.24) is 15.2 Å². The van der Waals surface area contributed by atoms with Crippen molar-refractivity contribution < 1.29 is 4.79 Å². The van der Waals surface area contributed by atoms with Gasteiger partial charge >= 0.3 is 0 Å². The Morgan fingerprint density at radius 2 is 2.11 bits per heavy atom. The number of halogens is 1. The zero-order valence-electron chi connectivity index (χ0n) is 11.7. The van der Waals surface area contributed by atoms with E-state index in [1.807, 2.05) is 31.3 Å². The minimum Gasteiger partial charge on any atom is -0.367 e. The number of nitrogens with one attached hydrogen (secondary N) is 2. The normalized spacial score (nSPS) is 16.2. The van der Waals surface area contributed by atoms with Crippen molar-refractivity contribution in [2.75, 3.05) is 26.7 Å². The molecule has 0 radical (unpaired) electrons. The smallest absolute Gasteiger partial charge is 0.255 e. The molecule has 2 rings (SSSR count). The van der Waals surface area contributed by atoms with E-state index in [-0.39, 0.29) is 18.3 Å². The SMILES string of the molecule is CNCCC1CCN(C(=O)c2c[nH]cc2C)CC1.Cl. The number of hydrogen-bond acceptors (Lipinski definition) is 2. The summed E-state index contributed by atoms with van der Waals surface area (Å²) in [6, 6.07) is 0. The Hall–Kier alpha value is -1.00. The number of aromatic nitrogens is 1. The van der Waals surface area contributed by atoms with Crippen molar-refractivity contribution in [1.29, 1.82) is 0 Å². The first-order valence-corrected chi connectivity index (χ1v) is 6.79. The fraction of sp³-hybridized carbons (Fsp3) is 0.643. The molecule has 0 unspecified atom stereocenters. The summed E-state index contributed by atoms with van der Waals surface area (Å²) in [5.41, 5.74) is 1.86. The quantitative estimate of drug-likeness (QED) is 0.891. The maximum absolute atomic E-state index is 12.3. The van der Waals surface area contributed by atoms with Crippen LogP contribution in [0.5, 0.6) is 0 Å². The van der Waals surface area contributed by atoms with Crippen molar-refractivity contribution in [3.8, 4) is 0 Å². The van der Waals surface area contributed by atoms with Crippen molar-refractivity contribution >= 4 is 18.3 Å². The van der Waals surface area contributed by atoms with Crippen LogP contribution in [0.4, 0.5) is 0 Å². The Bertz CT molecular complexity index is 397. The molecule has 1 aromatic heterocycles. The minimum atomic E-state index is 0. The molecule has 0 atom stereocenters. The zero-order chi connectivity index (χ0) is 13.0. The van der Waals surface area contributed by atoms with Crippen molar-refractivity contribution in [2.45, 2.75) is 26.2 Å². The van der Waals surface area contributed by atoms with Gasteiger partial charge in [-0.15, -0.1) is 12.4 Å². The van der Waals surface area contributed by atoms with E-state index in [2.05, 4.69) is 10.3 Å². The molecule has 1 aliphatic heterocycles. The molecular weight excluding hydrogens is 262 g/mol. The Kier molecular flexibility index (Phi) is 6.38. The van der Waals surface area contributed by atoms with Crippen molar-refractivity contribution in [2.24, 2.45) is 5.92 Å². The zero-order valence-corrected chi connectivity index (χ0v) is 12.6. The van der Waals surface area contributed by atoms with Gasteiger partial charge in [0.05, 0.1) is 5.56 Å². The lowest BCUT2D eigenvalue weighted by atomic mass is 9.93. The van der Waals surface area contributed by atoms with Crippen LogP contribution in [0.2, 0.25) is 0 Å². The third-order valence-corrected chi connectivity index (χ3v) is 3.89. The number of rotatable bonds is 4. The van der Waals surface area contributed by atoms with E-state index in [0.717, 1.165) is 49.5 Å². The van der Waals surface area contributed by atoms with Crippen LogP contribution in [0.25, 0.3) is 0 Å². The van der Waals surface area contributed by atoms with Crippen LogP contribution in [0.15, 0.2) is 12.4 Å². The maximum atomic E-state index is 12.3. The van der Waals surface area contributed by atoms with E-state index in [1.165, 1.54) is 6.42 Å². The van der Waals surface area contributed by atoms with E-state index < -0.39 is 0 Å². The molecule has 0 spiro atoms. The summed E-state index contributed by atoms with van der Waals surface area (Å²) >= 11 is 0. The molecule has 4 nitrogen and oxygen atoms in total. The van der Waals surface area contributed by atoms with Crippen LogP contribution in [0, 0.1) is 12.8 Å². The molecule has 1 amide bonds. The molecule has 2 heterocycles. The average Bonchev–Trinajstić information content (AvgIpc) is 2.82. The molecule has 108 valence electrons. The lowest BCUT2D eigenvalue weighted by molar-refractivity contribution is 0.0686. The van der Waals surface area contributed by atoms with Gasteiger partial charge in [-0.05, 0) is 51.3 Å². The first-order valence-electron chi connectivity index (χ1n) is 6.79. The summed E-state index contributed by atoms with van der Waals surface area (Å²) in [4.78, 5) is 17.3. The van der Waals surface area contributed by atoms with Crippen LogP contribution in [-0.2, 0) is 0 Å². The molecule has 1 fully saturated rings. The molecule has 2 N–H and O–H groups in total. The number of aryl methyl sites for hydroxylation is 1. The van der Waals surface area contributed by atoms with Crippen LogP contribution in [0.1, 0.15) is 35.2 Å². The maximum Gasteiger partial charge on any atom is 0.255 e. The van der Waals surface area contributed by atoms with Gasteiger partial charge in [-0.25, -0.2) is 0 Å². The second kappa shape index (κ2) is 7.56. The first-order chi connectivity index (χ1) is 8.72. The molecule has 0 bridgehead atoms. The first kappa shape index (κ1) is 16.1. The summed E-state index contributed by atoms with van der Waals surface area (Å²) in [7, 11) is 1.99. The monoisotopic (exact) mass is 285 g/mol. The van der Waals surface area contributed by atoms with Gasteiger partial charge in [-0.2, -0.15) is 0 Å². The molecule has 19 heavy (non-hydrogen) atoms. The Morgan fingerprint density at radius 3 is 2.63 bits per heavy atom. The molecule has 1 saturated heterocycles. The van der Waals surface area contributed by atoms with Gasteiger partial charge in [-0.3, -0.25) is 4.79 Å². The van der Waals surface area contributed by atoms with Crippen molar-refractivity contribution in [3.05, 3.63) is 23.5 Å². The topological polar surface area (TPSA) is 48.1 Å². The fourth-order valence-corrected chi connectivity index (χ4v) is 2.62. The highest BCUT2D eigenvalue weighted by atomic mass is 35.5. The standard InChI is InChI=1S/C14H23N3O.ClH/c1-11-9-16-10-13(11)14(18)17-7-4-12(5-8-17)3-6-15-2;/h9-10,12,15-16H,3-8H2,1-2H3;1H. The Morgan fingerprint density at radius 1 is 1.42 bits per heavy atom. The second-order valence-corrected chi connectivity index (χ2v) is 5.18. The van der Waals surface area contributed by atoms with E-state index in [4.69, 9.17) is 0 Å². The van der Waals surface area contributed by atoms with Gasteiger partial charge in [0.25, 0.3) is 5.91 Å². The van der Waals surface area contributed by atoms with Gasteiger partial charge in [0.1, 0.15) is 0 Å². The van der Waals surface area contributed by atoms with Gasteiger partial charge in [0, 0.05) is 25.5 Å². The molecular formula is C14H24ClN3O. The van der Waals surface area contributed by atoms with Gasteiger partial charge in [0.2, 0.25) is 0 Å². The minimum absolute atomic E-state index is 0. The Balaban J connectivity index is 0.00000180. The molecule has 0 saturated carbocycles. The third kappa shape index (κ3) is 3.98. The van der Waals surface area contributed by atoms with E-state index in [9.17, 15) is 4.79 Å². The van der Waals surface area contributed by atoms with E-state index in [1.54, 1.807) is 0 Å². The highest BCUT2D eigenvalue weighted by Gasteiger charge is 2.24. The number of aromatic amines is 1. The van der Waals surface area contributed by atoms with Crippen molar-refractivity contribution in [3.63, 3.8) is 0 Å². The summed E-state index contributed by atoms with van der Waals surface area (Å²) in [6.45, 7) is 4.86. The van der Waals surface area contributed by atoms with Gasteiger partial charge in [0.15, 0.2) is 0 Å². The summed E-state index contributed by atoms with van der Waals surface area (Å²) < 4.78 is 0. The number of likely N-dealkylation sites (tertiary alicyclic amines) is 1. The predicted molar refractivity (Wildman–Crippen MR) is 79.9 cm³/mol. The van der Waals surface area contributed by atoms with Crippen LogP contribution >= 0.6 is 12.4 Å². The van der Waals surface area contributed by atoms with Crippen LogP contribution in [0.3, 0.4) is 0 Å². The summed E-state index contributed by atoms with van der Waals surface area (Å²) in [5.74, 6) is 0.953. The lowest BCUT2D eigenvalue weighted by Gasteiger charge is -2.32. The molecule has 1 aromatic rings. The molecule has 5 heteroatoms. The van der Waals surface area contributed by atoms with E-state index >= 15 is 0 Å². The van der Waals surface area contributed by atoms with Crippen LogP contribution < -0.4 is 5.32 Å². The van der Waals surface area contributed by atoms with E-state index in [0.29, 0.717) is 0 Å². The molecule has 1 aliphatic rings. The highest BCUT2D eigenvalue weighted by molar-refractivity contribution is 5.95. The molecule has 0 aliphatic carbocycles. The van der Waals surface area contributed by atoms with Gasteiger partial charge in [-0.1, -0.05) is 0 Å². The largest absolute Gasteiger partial charge is 0.367 e. The van der Waals surface area contributed by atoms with Gasteiger partial charge < -0.3 is 15.2 Å². The predicted octanol–water partition coefficient (Wildman–Crippen LogP) is 2.21. The number of H-pyrrole nitrogens is 1.